The number of hydrogen-bond acceptors (Lipinski definition) is 3. The third-order valence-corrected chi connectivity index (χ3v) is 2.68. The van der Waals surface area contributed by atoms with Crippen LogP contribution in [0, 0.1) is 0 Å². The number of rotatable bonds is 6. The van der Waals surface area contributed by atoms with E-state index >= 15 is 0 Å². The second-order valence-corrected chi connectivity index (χ2v) is 5.50. The molecule has 0 radical (unpaired) electrons. The van der Waals surface area contributed by atoms with Crippen molar-refractivity contribution < 1.29 is 9.47 Å². The average Bonchev–Trinajstić information content (AvgIpc) is 2.36. The lowest BCUT2D eigenvalue weighted by Crippen LogP contribution is -2.35. The molecule has 0 atom stereocenters. The van der Waals surface area contributed by atoms with Crippen LogP contribution < -0.4 is 14.8 Å². The van der Waals surface area contributed by atoms with Gasteiger partial charge in [-0.1, -0.05) is 11.6 Å². The molecule has 1 rings (SSSR count). The zero-order valence-electron chi connectivity index (χ0n) is 12.0. The molecule has 0 spiro atoms. The zero-order valence-corrected chi connectivity index (χ0v) is 12.8. The summed E-state index contributed by atoms with van der Waals surface area (Å²) in [5.74, 6) is 1.67. The maximum Gasteiger partial charge on any atom is 0.124 e. The molecule has 0 saturated carbocycles. The standard InChI is InChI=1S/C15H22ClNO2/c1-15(2,3)17-11-12-10-13(18-4)6-7-14(12)19-9-5-8-16/h5-8,10,17H,9,11H2,1-4H3/b8-5+. The first kappa shape index (κ1) is 15.9. The maximum absolute atomic E-state index is 5.68. The molecule has 0 unspecified atom stereocenters. The Morgan fingerprint density at radius 2 is 2.05 bits per heavy atom. The summed E-state index contributed by atoms with van der Waals surface area (Å²) >= 11 is 5.48. The van der Waals surface area contributed by atoms with Crippen LogP contribution in [0.2, 0.25) is 0 Å². The lowest BCUT2D eigenvalue weighted by Gasteiger charge is -2.22. The highest BCUT2D eigenvalue weighted by molar-refractivity contribution is 6.25. The van der Waals surface area contributed by atoms with E-state index in [1.54, 1.807) is 13.2 Å². The number of benzene rings is 1. The zero-order chi connectivity index (χ0) is 14.3. The minimum absolute atomic E-state index is 0.0520. The topological polar surface area (TPSA) is 30.5 Å². The first-order valence-corrected chi connectivity index (χ1v) is 6.70. The first-order chi connectivity index (χ1) is 8.96. The van der Waals surface area contributed by atoms with E-state index in [9.17, 15) is 0 Å². The van der Waals surface area contributed by atoms with E-state index in [4.69, 9.17) is 21.1 Å². The molecule has 106 valence electrons. The van der Waals surface area contributed by atoms with Crippen molar-refractivity contribution in [2.24, 2.45) is 0 Å². The summed E-state index contributed by atoms with van der Waals surface area (Å²) in [7, 11) is 1.66. The van der Waals surface area contributed by atoms with Crippen LogP contribution in [0.4, 0.5) is 0 Å². The van der Waals surface area contributed by atoms with Crippen molar-refractivity contribution in [1.29, 1.82) is 0 Å². The maximum atomic E-state index is 5.68. The van der Waals surface area contributed by atoms with Crippen molar-refractivity contribution in [3.8, 4) is 11.5 Å². The van der Waals surface area contributed by atoms with Crippen molar-refractivity contribution in [3.05, 3.63) is 35.4 Å². The lowest BCUT2D eigenvalue weighted by molar-refractivity contribution is 0.350. The molecule has 4 heteroatoms. The minimum atomic E-state index is 0.0520. The highest BCUT2D eigenvalue weighted by Crippen LogP contribution is 2.24. The summed E-state index contributed by atoms with van der Waals surface area (Å²) in [4.78, 5) is 0. The molecule has 1 aromatic rings. The van der Waals surface area contributed by atoms with Crippen LogP contribution in [0.1, 0.15) is 26.3 Å². The van der Waals surface area contributed by atoms with Crippen LogP contribution in [0.3, 0.4) is 0 Å². The Kier molecular flexibility index (Phi) is 6.19. The second-order valence-electron chi connectivity index (χ2n) is 5.25. The monoisotopic (exact) mass is 283 g/mol. The van der Waals surface area contributed by atoms with Crippen molar-refractivity contribution in [2.45, 2.75) is 32.9 Å². The Morgan fingerprint density at radius 3 is 2.63 bits per heavy atom. The van der Waals surface area contributed by atoms with E-state index in [1.165, 1.54) is 5.54 Å². The Labute approximate surface area is 120 Å². The SMILES string of the molecule is COc1ccc(OC/C=C/Cl)c(CNC(C)(C)C)c1. The molecule has 0 aliphatic rings. The molecule has 1 aromatic carbocycles. The summed E-state index contributed by atoms with van der Waals surface area (Å²) in [6.45, 7) is 7.57. The summed E-state index contributed by atoms with van der Waals surface area (Å²) in [6, 6.07) is 5.79. The van der Waals surface area contributed by atoms with Gasteiger partial charge >= 0.3 is 0 Å². The molecule has 0 heterocycles. The van der Waals surface area contributed by atoms with Crippen LogP contribution in [-0.4, -0.2) is 19.3 Å². The van der Waals surface area contributed by atoms with Crippen molar-refractivity contribution in [1.82, 2.24) is 5.32 Å². The van der Waals surface area contributed by atoms with E-state index in [-0.39, 0.29) is 5.54 Å². The van der Waals surface area contributed by atoms with Gasteiger partial charge in [0.25, 0.3) is 0 Å². The van der Waals surface area contributed by atoms with Crippen LogP contribution in [-0.2, 0) is 6.54 Å². The van der Waals surface area contributed by atoms with Crippen LogP contribution in [0.25, 0.3) is 0 Å². The van der Waals surface area contributed by atoms with E-state index in [2.05, 4.69) is 26.1 Å². The van der Waals surface area contributed by atoms with E-state index in [1.807, 2.05) is 18.2 Å². The van der Waals surface area contributed by atoms with Gasteiger partial charge in [0.05, 0.1) is 7.11 Å². The molecule has 3 nitrogen and oxygen atoms in total. The van der Waals surface area contributed by atoms with Gasteiger partial charge in [-0.15, -0.1) is 0 Å². The molecule has 0 saturated heterocycles. The van der Waals surface area contributed by atoms with Crippen LogP contribution in [0.5, 0.6) is 11.5 Å². The Balaban J connectivity index is 2.82. The molecule has 1 N–H and O–H groups in total. The number of hydrogen-bond donors (Lipinski definition) is 1. The summed E-state index contributed by atoms with van der Waals surface area (Å²) < 4.78 is 10.9. The summed E-state index contributed by atoms with van der Waals surface area (Å²) in [6.07, 6.45) is 1.76. The second kappa shape index (κ2) is 7.41. The molecule has 0 fully saturated rings. The van der Waals surface area contributed by atoms with Gasteiger partial charge in [0.2, 0.25) is 0 Å². The number of nitrogens with one attached hydrogen (secondary N) is 1. The van der Waals surface area contributed by atoms with Gasteiger partial charge in [0.1, 0.15) is 18.1 Å². The van der Waals surface area contributed by atoms with Gasteiger partial charge in [-0.3, -0.25) is 0 Å². The molecular formula is C15H22ClNO2. The molecule has 0 aromatic heterocycles. The Bertz CT molecular complexity index is 425. The van der Waals surface area contributed by atoms with Crippen molar-refractivity contribution >= 4 is 11.6 Å². The lowest BCUT2D eigenvalue weighted by atomic mass is 10.1. The van der Waals surface area contributed by atoms with E-state index in [0.29, 0.717) is 6.61 Å². The third kappa shape index (κ3) is 5.99. The minimum Gasteiger partial charge on any atom is -0.497 e. The fourth-order valence-corrected chi connectivity index (χ4v) is 1.57. The first-order valence-electron chi connectivity index (χ1n) is 6.26. The number of halogens is 1. The fourth-order valence-electron chi connectivity index (χ4n) is 1.50. The predicted octanol–water partition coefficient (Wildman–Crippen LogP) is 3.71. The third-order valence-electron chi connectivity index (χ3n) is 2.50. The molecule has 0 aliphatic heterocycles. The Hall–Kier alpha value is -1.19. The number of ether oxygens (including phenoxy) is 2. The molecule has 19 heavy (non-hydrogen) atoms. The van der Waals surface area contributed by atoms with Crippen LogP contribution in [0.15, 0.2) is 29.8 Å². The van der Waals surface area contributed by atoms with Gasteiger partial charge in [0, 0.05) is 23.2 Å². The van der Waals surface area contributed by atoms with Gasteiger partial charge < -0.3 is 14.8 Å². The quantitative estimate of drug-likeness (QED) is 0.863. The molecular weight excluding hydrogens is 262 g/mol. The molecule has 0 amide bonds. The van der Waals surface area contributed by atoms with E-state index < -0.39 is 0 Å². The van der Waals surface area contributed by atoms with Gasteiger partial charge in [-0.25, -0.2) is 0 Å². The normalized spacial score (nSPS) is 11.8. The van der Waals surface area contributed by atoms with Gasteiger partial charge in [0.15, 0.2) is 0 Å². The average molecular weight is 284 g/mol. The summed E-state index contributed by atoms with van der Waals surface area (Å²) in [5, 5.41) is 3.44. The predicted molar refractivity (Wildman–Crippen MR) is 80.1 cm³/mol. The number of methoxy groups -OCH3 is 1. The van der Waals surface area contributed by atoms with Crippen molar-refractivity contribution in [3.63, 3.8) is 0 Å². The molecule has 0 bridgehead atoms. The largest absolute Gasteiger partial charge is 0.497 e. The highest BCUT2D eigenvalue weighted by Gasteiger charge is 2.11. The fraction of sp³-hybridized carbons (Fsp3) is 0.467. The summed E-state index contributed by atoms with van der Waals surface area (Å²) in [5.41, 5.74) is 2.57. The van der Waals surface area contributed by atoms with E-state index in [0.717, 1.165) is 23.6 Å². The van der Waals surface area contributed by atoms with Crippen LogP contribution >= 0.6 is 11.6 Å². The van der Waals surface area contributed by atoms with Gasteiger partial charge in [-0.05, 0) is 45.0 Å². The van der Waals surface area contributed by atoms with Crippen molar-refractivity contribution in [2.75, 3.05) is 13.7 Å². The highest BCUT2D eigenvalue weighted by atomic mass is 35.5. The molecule has 0 aliphatic carbocycles. The Morgan fingerprint density at radius 1 is 1.32 bits per heavy atom. The van der Waals surface area contributed by atoms with Gasteiger partial charge in [-0.2, -0.15) is 0 Å². The smallest absolute Gasteiger partial charge is 0.124 e.